The van der Waals surface area contributed by atoms with E-state index in [-0.39, 0.29) is 24.6 Å². The Balaban J connectivity index is 1.75. The van der Waals surface area contributed by atoms with Crippen LogP contribution in [0, 0.1) is 5.92 Å². The molecular formula is C36H49N7O5. The number of hydrogen-bond donors (Lipinski definition) is 7. The highest BCUT2D eigenvalue weighted by molar-refractivity contribution is 5.95. The first kappa shape index (κ1) is 37.6. The lowest BCUT2D eigenvalue weighted by atomic mass is 9.99. The van der Waals surface area contributed by atoms with Gasteiger partial charge in [0.25, 0.3) is 0 Å². The number of benzene rings is 2. The first-order valence-electron chi connectivity index (χ1n) is 16.4. The van der Waals surface area contributed by atoms with Gasteiger partial charge in [-0.1, -0.05) is 74.5 Å². The molecule has 258 valence electrons. The molecule has 48 heavy (non-hydrogen) atoms. The second kappa shape index (κ2) is 19.8. The van der Waals surface area contributed by atoms with Gasteiger partial charge in [0, 0.05) is 24.7 Å². The van der Waals surface area contributed by atoms with Crippen molar-refractivity contribution in [2.75, 3.05) is 6.54 Å². The van der Waals surface area contributed by atoms with Crippen molar-refractivity contribution in [2.45, 2.75) is 83.1 Å². The molecule has 4 amide bonds. The monoisotopic (exact) mass is 659 g/mol. The number of nitrogens with two attached hydrogens (primary N) is 2. The molecule has 4 atom stereocenters. The van der Waals surface area contributed by atoms with E-state index in [2.05, 4.69) is 26.3 Å². The number of aromatic hydroxyl groups is 1. The van der Waals surface area contributed by atoms with Crippen molar-refractivity contribution in [1.82, 2.24) is 26.3 Å². The zero-order valence-corrected chi connectivity index (χ0v) is 27.7. The number of nitrogens with zero attached hydrogens (tertiary/aromatic N) is 1. The lowest BCUT2D eigenvalue weighted by Gasteiger charge is -2.27. The number of pyridine rings is 1. The van der Waals surface area contributed by atoms with Crippen molar-refractivity contribution in [1.29, 1.82) is 0 Å². The molecule has 0 fully saturated rings. The molecule has 0 spiro atoms. The Bertz CT molecular complexity index is 1460. The van der Waals surface area contributed by atoms with Gasteiger partial charge in [-0.3, -0.25) is 24.2 Å². The van der Waals surface area contributed by atoms with Crippen LogP contribution in [0.25, 0.3) is 0 Å². The molecule has 0 aliphatic carbocycles. The summed E-state index contributed by atoms with van der Waals surface area (Å²) in [5, 5.41) is 21.3. The summed E-state index contributed by atoms with van der Waals surface area (Å²) in [7, 11) is 0. The average molecular weight is 660 g/mol. The van der Waals surface area contributed by atoms with Gasteiger partial charge in [-0.05, 0) is 61.8 Å². The molecule has 3 rings (SSSR count). The highest BCUT2D eigenvalue weighted by Gasteiger charge is 2.31. The number of carbonyl (C=O) groups excluding carboxylic acids is 4. The summed E-state index contributed by atoms with van der Waals surface area (Å²) in [6, 6.07) is 16.4. The number of carbonyl (C=O) groups is 4. The SMILES string of the molecule is CC(C)C[C@@H](NC(=O)[C@@H](Cc1ccccc1)NC(=O)[C@H](N)Cc1ccccc1)C(=O)N[C@H](CCCCN)C(=O)NCc1ccncc1O. The second-order valence-corrected chi connectivity index (χ2v) is 12.3. The van der Waals surface area contributed by atoms with E-state index >= 15 is 0 Å². The summed E-state index contributed by atoms with van der Waals surface area (Å²) in [5.41, 5.74) is 14.1. The van der Waals surface area contributed by atoms with Gasteiger partial charge in [-0.15, -0.1) is 0 Å². The van der Waals surface area contributed by atoms with Gasteiger partial charge >= 0.3 is 0 Å². The maximum atomic E-state index is 13.8. The van der Waals surface area contributed by atoms with E-state index in [9.17, 15) is 24.3 Å². The first-order valence-corrected chi connectivity index (χ1v) is 16.4. The van der Waals surface area contributed by atoms with Crippen LogP contribution in [-0.2, 0) is 38.6 Å². The molecule has 12 heteroatoms. The third-order valence-electron chi connectivity index (χ3n) is 7.81. The fraction of sp³-hybridized carbons (Fsp3) is 0.417. The van der Waals surface area contributed by atoms with Crippen LogP contribution in [0.5, 0.6) is 5.75 Å². The van der Waals surface area contributed by atoms with Crippen LogP contribution < -0.4 is 32.7 Å². The zero-order chi connectivity index (χ0) is 34.9. The molecule has 12 nitrogen and oxygen atoms in total. The van der Waals surface area contributed by atoms with Crippen LogP contribution in [0.1, 0.15) is 56.2 Å². The van der Waals surface area contributed by atoms with Gasteiger partial charge in [0.2, 0.25) is 23.6 Å². The molecule has 0 bridgehead atoms. The topological polar surface area (TPSA) is 202 Å². The number of amides is 4. The summed E-state index contributed by atoms with van der Waals surface area (Å²) >= 11 is 0. The fourth-order valence-corrected chi connectivity index (χ4v) is 5.18. The van der Waals surface area contributed by atoms with Gasteiger partial charge < -0.3 is 37.8 Å². The largest absolute Gasteiger partial charge is 0.506 e. The molecule has 0 unspecified atom stereocenters. The molecular weight excluding hydrogens is 610 g/mol. The smallest absolute Gasteiger partial charge is 0.243 e. The zero-order valence-electron chi connectivity index (χ0n) is 27.7. The van der Waals surface area contributed by atoms with Gasteiger partial charge in [-0.2, -0.15) is 0 Å². The third-order valence-corrected chi connectivity index (χ3v) is 7.81. The molecule has 0 aliphatic rings. The summed E-state index contributed by atoms with van der Waals surface area (Å²) in [4.78, 5) is 57.8. The molecule has 0 aliphatic heterocycles. The molecule has 1 aromatic heterocycles. The highest BCUT2D eigenvalue weighted by Crippen LogP contribution is 2.14. The van der Waals surface area contributed by atoms with Crippen molar-refractivity contribution in [3.63, 3.8) is 0 Å². The number of hydrogen-bond acceptors (Lipinski definition) is 8. The van der Waals surface area contributed by atoms with Crippen molar-refractivity contribution in [3.8, 4) is 5.75 Å². The highest BCUT2D eigenvalue weighted by atomic mass is 16.3. The Morgan fingerprint density at radius 1 is 0.750 bits per heavy atom. The van der Waals surface area contributed by atoms with Crippen LogP contribution >= 0.6 is 0 Å². The van der Waals surface area contributed by atoms with E-state index in [1.807, 2.05) is 74.5 Å². The normalized spacial score (nSPS) is 13.5. The van der Waals surface area contributed by atoms with Crippen LogP contribution in [0.4, 0.5) is 0 Å². The van der Waals surface area contributed by atoms with Gasteiger partial charge in [-0.25, -0.2) is 0 Å². The van der Waals surface area contributed by atoms with Crippen molar-refractivity contribution < 1.29 is 24.3 Å². The van der Waals surface area contributed by atoms with E-state index in [1.54, 1.807) is 6.07 Å². The van der Waals surface area contributed by atoms with E-state index < -0.39 is 47.8 Å². The average Bonchev–Trinajstić information content (AvgIpc) is 3.07. The molecule has 0 saturated carbocycles. The van der Waals surface area contributed by atoms with Gasteiger partial charge in [0.05, 0.1) is 12.2 Å². The molecule has 0 radical (unpaired) electrons. The molecule has 3 aromatic rings. The fourth-order valence-electron chi connectivity index (χ4n) is 5.18. The number of nitrogens with one attached hydrogen (secondary N) is 4. The minimum atomic E-state index is -1.01. The Kier molecular flexibility index (Phi) is 15.5. The standard InChI is InChI=1S/C36H49N7O5/c1-24(2)19-30(35(47)41-29(15-9-10-17-37)34(46)40-22-27-16-18-39-23-32(27)44)43-36(48)31(21-26-13-7-4-8-14-26)42-33(45)28(38)20-25-11-5-3-6-12-25/h3-8,11-14,16,18,23-24,28-31,44H,9-10,15,17,19-22,37-38H2,1-2H3,(H,40,46)(H,41,47)(H,42,45)(H,43,48)/t28-,29-,30-,31-/m1/s1. The van der Waals surface area contributed by atoms with Crippen LogP contribution in [-0.4, -0.2) is 64.4 Å². The Morgan fingerprint density at radius 3 is 1.94 bits per heavy atom. The van der Waals surface area contributed by atoms with E-state index in [0.717, 1.165) is 11.1 Å². The Labute approximate surface area is 282 Å². The Morgan fingerprint density at radius 2 is 1.33 bits per heavy atom. The molecule has 0 saturated heterocycles. The van der Waals surface area contributed by atoms with Crippen molar-refractivity contribution in [2.24, 2.45) is 17.4 Å². The number of rotatable bonds is 19. The maximum absolute atomic E-state index is 13.8. The summed E-state index contributed by atoms with van der Waals surface area (Å²) in [5.74, 6) is -2.04. The molecule has 9 N–H and O–H groups in total. The van der Waals surface area contributed by atoms with E-state index in [1.165, 1.54) is 12.4 Å². The minimum Gasteiger partial charge on any atom is -0.506 e. The van der Waals surface area contributed by atoms with E-state index in [0.29, 0.717) is 44.2 Å². The summed E-state index contributed by atoms with van der Waals surface area (Å²) in [6.45, 7) is 4.31. The minimum absolute atomic E-state index is 0.0155. The van der Waals surface area contributed by atoms with Crippen molar-refractivity contribution >= 4 is 23.6 Å². The second-order valence-electron chi connectivity index (χ2n) is 12.3. The third kappa shape index (κ3) is 12.8. The lowest BCUT2D eigenvalue weighted by molar-refractivity contribution is -0.134. The summed E-state index contributed by atoms with van der Waals surface area (Å²) in [6.07, 6.45) is 5.12. The van der Waals surface area contributed by atoms with E-state index in [4.69, 9.17) is 11.5 Å². The van der Waals surface area contributed by atoms with Crippen molar-refractivity contribution in [3.05, 3.63) is 95.8 Å². The molecule has 2 aromatic carbocycles. The van der Waals surface area contributed by atoms with Crippen LogP contribution in [0.15, 0.2) is 79.1 Å². The predicted molar refractivity (Wildman–Crippen MR) is 184 cm³/mol. The number of aromatic nitrogens is 1. The van der Waals surface area contributed by atoms with Gasteiger partial charge in [0.15, 0.2) is 0 Å². The van der Waals surface area contributed by atoms with Crippen LogP contribution in [0.3, 0.4) is 0 Å². The van der Waals surface area contributed by atoms with Crippen LogP contribution in [0.2, 0.25) is 0 Å². The molecule has 1 heterocycles. The quantitative estimate of drug-likeness (QED) is 0.0945. The predicted octanol–water partition coefficient (Wildman–Crippen LogP) is 1.85. The first-order chi connectivity index (χ1) is 23.1. The number of unbranched alkanes of at least 4 members (excludes halogenated alkanes) is 1. The summed E-state index contributed by atoms with van der Waals surface area (Å²) < 4.78 is 0. The maximum Gasteiger partial charge on any atom is 0.243 e. The van der Waals surface area contributed by atoms with Gasteiger partial charge in [0.1, 0.15) is 23.9 Å². The Hall–Kier alpha value is -4.81. The lowest BCUT2D eigenvalue weighted by Crippen LogP contribution is -2.58.